The van der Waals surface area contributed by atoms with Gasteiger partial charge in [-0.15, -0.1) is 10.2 Å². The van der Waals surface area contributed by atoms with E-state index in [-0.39, 0.29) is 6.61 Å². The van der Waals surface area contributed by atoms with Crippen molar-refractivity contribution >= 4 is 11.6 Å². The summed E-state index contributed by atoms with van der Waals surface area (Å²) in [5.41, 5.74) is 5.38. The van der Waals surface area contributed by atoms with Crippen molar-refractivity contribution in [2.24, 2.45) is 5.73 Å². The molecule has 0 amide bonds. The van der Waals surface area contributed by atoms with Gasteiger partial charge in [0, 0.05) is 6.54 Å². The number of benzene rings is 1. The summed E-state index contributed by atoms with van der Waals surface area (Å²) in [6.45, 7) is 1.24. The fraction of sp³-hybridized carbons (Fsp3) is 0.300. The van der Waals surface area contributed by atoms with Crippen LogP contribution in [0.4, 0.5) is 0 Å². The molecule has 6 nitrogen and oxygen atoms in total. The van der Waals surface area contributed by atoms with Gasteiger partial charge in [0.1, 0.15) is 5.75 Å². The molecule has 0 radical (unpaired) electrons. The maximum atomic E-state index is 5.94. The third-order valence-corrected chi connectivity index (χ3v) is 2.33. The Morgan fingerprint density at radius 3 is 2.94 bits per heavy atom. The Hall–Kier alpha value is -1.66. The molecule has 0 aliphatic carbocycles. The summed E-state index contributed by atoms with van der Waals surface area (Å²) < 4.78 is 5.47. The van der Waals surface area contributed by atoms with E-state index in [9.17, 15) is 0 Å². The van der Waals surface area contributed by atoms with Crippen LogP contribution in [0, 0.1) is 0 Å². The van der Waals surface area contributed by atoms with E-state index in [4.69, 9.17) is 22.1 Å². The highest BCUT2D eigenvalue weighted by Gasteiger charge is 2.05. The lowest BCUT2D eigenvalue weighted by atomic mass is 10.3. The van der Waals surface area contributed by atoms with Gasteiger partial charge in [-0.25, -0.2) is 0 Å². The number of tetrazole rings is 1. The lowest BCUT2D eigenvalue weighted by Gasteiger charge is -2.04. The van der Waals surface area contributed by atoms with Gasteiger partial charge in [-0.05, 0) is 17.3 Å². The molecule has 0 saturated heterocycles. The zero-order valence-corrected chi connectivity index (χ0v) is 9.84. The maximum absolute atomic E-state index is 5.94. The van der Waals surface area contributed by atoms with E-state index in [2.05, 4.69) is 15.4 Å². The maximum Gasteiger partial charge on any atom is 0.212 e. The first-order valence-corrected chi connectivity index (χ1v) is 5.51. The summed E-state index contributed by atoms with van der Waals surface area (Å²) in [5, 5.41) is 12.3. The third kappa shape index (κ3) is 3.15. The summed E-state index contributed by atoms with van der Waals surface area (Å²) in [7, 11) is 0. The van der Waals surface area contributed by atoms with Crippen molar-refractivity contribution in [3.8, 4) is 5.75 Å². The Bertz CT molecular complexity index is 487. The van der Waals surface area contributed by atoms with Crippen LogP contribution >= 0.6 is 11.6 Å². The average molecular weight is 254 g/mol. The van der Waals surface area contributed by atoms with Crippen LogP contribution in [0.5, 0.6) is 5.75 Å². The molecule has 2 N–H and O–H groups in total. The number of hydrogen-bond donors (Lipinski definition) is 1. The van der Waals surface area contributed by atoms with E-state index in [1.807, 2.05) is 12.1 Å². The Morgan fingerprint density at radius 2 is 2.18 bits per heavy atom. The zero-order valence-electron chi connectivity index (χ0n) is 9.08. The Kier molecular flexibility index (Phi) is 3.89. The molecule has 0 aliphatic rings. The lowest BCUT2D eigenvalue weighted by molar-refractivity contribution is 0.295. The highest BCUT2D eigenvalue weighted by molar-refractivity contribution is 6.32. The number of ether oxygens (including phenoxy) is 1. The smallest absolute Gasteiger partial charge is 0.212 e. The fourth-order valence-electron chi connectivity index (χ4n) is 1.25. The van der Waals surface area contributed by atoms with Gasteiger partial charge in [-0.1, -0.05) is 23.7 Å². The highest BCUT2D eigenvalue weighted by atomic mass is 35.5. The normalized spacial score (nSPS) is 10.5. The predicted octanol–water partition coefficient (Wildman–Crippen LogP) is 0.864. The second-order valence-electron chi connectivity index (χ2n) is 3.31. The molecule has 0 atom stereocenters. The van der Waals surface area contributed by atoms with Crippen LogP contribution in [-0.2, 0) is 13.2 Å². The number of nitrogens with zero attached hydrogens (tertiary/aromatic N) is 4. The molecule has 2 aromatic rings. The molecule has 7 heteroatoms. The molecule has 0 fully saturated rings. The standard InChI is InChI=1S/C10H12ClN5O/c11-8-3-1-2-4-9(8)17-7-10-13-15-16(14-10)6-5-12/h1-4H,5-7,12H2. The van der Waals surface area contributed by atoms with Crippen LogP contribution in [0.25, 0.3) is 0 Å². The lowest BCUT2D eigenvalue weighted by Crippen LogP contribution is -2.12. The molecule has 0 unspecified atom stereocenters. The van der Waals surface area contributed by atoms with Crippen LogP contribution in [0.1, 0.15) is 5.82 Å². The van der Waals surface area contributed by atoms with Gasteiger partial charge in [-0.3, -0.25) is 0 Å². The van der Waals surface area contributed by atoms with E-state index in [0.29, 0.717) is 29.7 Å². The molecular weight excluding hydrogens is 242 g/mol. The largest absolute Gasteiger partial charge is 0.484 e. The summed E-state index contributed by atoms with van der Waals surface area (Å²) in [5.74, 6) is 1.10. The summed E-state index contributed by atoms with van der Waals surface area (Å²) >= 11 is 5.94. The Balaban J connectivity index is 1.95. The van der Waals surface area contributed by atoms with Gasteiger partial charge in [0.15, 0.2) is 6.61 Å². The number of aromatic nitrogens is 4. The van der Waals surface area contributed by atoms with E-state index in [0.717, 1.165) is 0 Å². The zero-order chi connectivity index (χ0) is 12.1. The molecule has 1 heterocycles. The number of rotatable bonds is 5. The van der Waals surface area contributed by atoms with Crippen molar-refractivity contribution in [3.63, 3.8) is 0 Å². The van der Waals surface area contributed by atoms with Crippen LogP contribution < -0.4 is 10.5 Å². The van der Waals surface area contributed by atoms with Crippen LogP contribution in [0.3, 0.4) is 0 Å². The highest BCUT2D eigenvalue weighted by Crippen LogP contribution is 2.23. The summed E-state index contributed by atoms with van der Waals surface area (Å²) in [6.07, 6.45) is 0. The SMILES string of the molecule is NCCn1nnc(COc2ccccc2Cl)n1. The molecule has 0 saturated carbocycles. The first kappa shape index (κ1) is 11.8. The van der Waals surface area contributed by atoms with Crippen molar-refractivity contribution in [1.29, 1.82) is 0 Å². The van der Waals surface area contributed by atoms with Crippen molar-refractivity contribution in [3.05, 3.63) is 35.1 Å². The van der Waals surface area contributed by atoms with E-state index in [1.165, 1.54) is 4.80 Å². The van der Waals surface area contributed by atoms with Gasteiger partial charge < -0.3 is 10.5 Å². The molecule has 17 heavy (non-hydrogen) atoms. The molecule has 1 aromatic heterocycles. The minimum absolute atomic E-state index is 0.230. The molecule has 90 valence electrons. The second kappa shape index (κ2) is 5.60. The number of nitrogens with two attached hydrogens (primary N) is 1. The minimum Gasteiger partial charge on any atom is -0.484 e. The number of para-hydroxylation sites is 1. The molecule has 1 aromatic carbocycles. The monoisotopic (exact) mass is 253 g/mol. The van der Waals surface area contributed by atoms with Gasteiger partial charge in [-0.2, -0.15) is 4.80 Å². The van der Waals surface area contributed by atoms with Crippen LogP contribution in [0.15, 0.2) is 24.3 Å². The first-order chi connectivity index (χ1) is 8.29. The van der Waals surface area contributed by atoms with Crippen molar-refractivity contribution in [2.45, 2.75) is 13.2 Å². The Labute approximate surface area is 103 Å². The summed E-state index contributed by atoms with van der Waals surface area (Å²) in [6, 6.07) is 7.23. The second-order valence-corrected chi connectivity index (χ2v) is 3.72. The van der Waals surface area contributed by atoms with Crippen LogP contribution in [0.2, 0.25) is 5.02 Å². The summed E-state index contributed by atoms with van der Waals surface area (Å²) in [4.78, 5) is 1.44. The molecular formula is C10H12ClN5O. The quantitative estimate of drug-likeness (QED) is 0.855. The van der Waals surface area contributed by atoms with Gasteiger partial charge >= 0.3 is 0 Å². The average Bonchev–Trinajstić information content (AvgIpc) is 2.76. The topological polar surface area (TPSA) is 78.9 Å². The first-order valence-electron chi connectivity index (χ1n) is 5.13. The Morgan fingerprint density at radius 1 is 1.35 bits per heavy atom. The van der Waals surface area contributed by atoms with Crippen molar-refractivity contribution < 1.29 is 4.74 Å². The van der Waals surface area contributed by atoms with E-state index in [1.54, 1.807) is 12.1 Å². The number of hydrogen-bond acceptors (Lipinski definition) is 5. The van der Waals surface area contributed by atoms with Gasteiger partial charge in [0.2, 0.25) is 5.82 Å². The molecule has 2 rings (SSSR count). The molecule has 0 aliphatic heterocycles. The minimum atomic E-state index is 0.230. The van der Waals surface area contributed by atoms with Crippen molar-refractivity contribution in [2.75, 3.05) is 6.54 Å². The van der Waals surface area contributed by atoms with E-state index >= 15 is 0 Å². The van der Waals surface area contributed by atoms with Gasteiger partial charge in [0.25, 0.3) is 0 Å². The predicted molar refractivity (Wildman–Crippen MR) is 62.7 cm³/mol. The van der Waals surface area contributed by atoms with Crippen molar-refractivity contribution in [1.82, 2.24) is 20.2 Å². The molecule has 0 bridgehead atoms. The fourth-order valence-corrected chi connectivity index (χ4v) is 1.44. The number of halogens is 1. The van der Waals surface area contributed by atoms with E-state index < -0.39 is 0 Å². The van der Waals surface area contributed by atoms with Gasteiger partial charge in [0.05, 0.1) is 11.6 Å². The molecule has 0 spiro atoms. The third-order valence-electron chi connectivity index (χ3n) is 2.02. The van der Waals surface area contributed by atoms with Crippen LogP contribution in [-0.4, -0.2) is 26.8 Å².